The molecule has 0 bridgehead atoms. The number of rotatable bonds is 19. The maximum atomic E-state index is 12.9. The first-order valence-electron chi connectivity index (χ1n) is 14.3. The van der Waals surface area contributed by atoms with Gasteiger partial charge in [-0.3, -0.25) is 4.79 Å². The van der Waals surface area contributed by atoms with E-state index in [0.29, 0.717) is 13.0 Å². The molecule has 1 atom stereocenters. The highest BCUT2D eigenvalue weighted by Gasteiger charge is 2.42. The van der Waals surface area contributed by atoms with Crippen LogP contribution in [0.2, 0.25) is 0 Å². The summed E-state index contributed by atoms with van der Waals surface area (Å²) in [4.78, 5) is 12.9. The van der Waals surface area contributed by atoms with E-state index in [9.17, 15) is 9.90 Å². The van der Waals surface area contributed by atoms with Crippen LogP contribution in [0.1, 0.15) is 136 Å². The Bertz CT molecular complexity index is 739. The molecule has 1 aliphatic rings. The summed E-state index contributed by atoms with van der Waals surface area (Å²) in [5, 5.41) is 9.72. The smallest absolute Gasteiger partial charge is 0.171 e. The average Bonchev–Trinajstić information content (AvgIpc) is 3.07. The first-order chi connectivity index (χ1) is 16.4. The van der Waals surface area contributed by atoms with Gasteiger partial charge >= 0.3 is 0 Å². The van der Waals surface area contributed by atoms with Gasteiger partial charge in [-0.2, -0.15) is 0 Å². The lowest BCUT2D eigenvalue weighted by Gasteiger charge is -2.18. The summed E-state index contributed by atoms with van der Waals surface area (Å²) in [6, 6.07) is 2.16. The van der Waals surface area contributed by atoms with Gasteiger partial charge in [0, 0.05) is 12.2 Å². The molecule has 0 radical (unpaired) electrons. The standard InChI is InChI=1S/C31H52O3/c1-5-6-7-8-9-10-11-12-13-14-15-16-17-18-20-34-21-19-28-25(2)22-27-23-31(4,24-32)30(33)29(27)26(28)3/h22,32H,5-21,23-24H2,1-4H3. The molecule has 2 rings (SSSR count). The van der Waals surface area contributed by atoms with E-state index in [1.165, 1.54) is 94.6 Å². The number of ether oxygens (including phenoxy) is 1. The van der Waals surface area contributed by atoms with Crippen LogP contribution < -0.4 is 0 Å². The number of aryl methyl sites for hydroxylation is 1. The van der Waals surface area contributed by atoms with Gasteiger partial charge in [-0.05, 0) is 62.3 Å². The first kappa shape index (κ1) is 29.0. The Kier molecular flexibility index (Phi) is 13.4. The van der Waals surface area contributed by atoms with Crippen LogP contribution in [0.15, 0.2) is 6.07 Å². The topological polar surface area (TPSA) is 46.5 Å². The number of unbranched alkanes of at least 4 members (excludes halogenated alkanes) is 13. The van der Waals surface area contributed by atoms with E-state index in [2.05, 4.69) is 26.8 Å². The molecule has 0 aromatic heterocycles. The van der Waals surface area contributed by atoms with Crippen LogP contribution in [0.3, 0.4) is 0 Å². The maximum absolute atomic E-state index is 12.9. The molecule has 3 nitrogen and oxygen atoms in total. The Morgan fingerprint density at radius 3 is 1.91 bits per heavy atom. The zero-order valence-corrected chi connectivity index (χ0v) is 22.8. The highest BCUT2D eigenvalue weighted by atomic mass is 16.5. The first-order valence-corrected chi connectivity index (χ1v) is 14.3. The van der Waals surface area contributed by atoms with Crippen molar-refractivity contribution >= 4 is 5.78 Å². The molecule has 0 fully saturated rings. The molecule has 0 amide bonds. The van der Waals surface area contributed by atoms with Crippen molar-refractivity contribution in [3.63, 3.8) is 0 Å². The molecule has 34 heavy (non-hydrogen) atoms. The van der Waals surface area contributed by atoms with Crippen LogP contribution in [0, 0.1) is 19.3 Å². The minimum atomic E-state index is -0.650. The minimum absolute atomic E-state index is 0.0867. The zero-order valence-electron chi connectivity index (χ0n) is 22.8. The molecular weight excluding hydrogens is 420 g/mol. The second-order valence-corrected chi connectivity index (χ2v) is 11.0. The fraction of sp³-hybridized carbons (Fsp3) is 0.774. The van der Waals surface area contributed by atoms with Gasteiger partial charge in [0.2, 0.25) is 0 Å². The number of ketones is 1. The quantitative estimate of drug-likeness (QED) is 0.207. The molecule has 1 aromatic rings. The number of fused-ring (bicyclic) bond motifs is 1. The lowest BCUT2D eigenvalue weighted by atomic mass is 9.86. The van der Waals surface area contributed by atoms with Gasteiger partial charge in [-0.25, -0.2) is 0 Å². The molecule has 194 valence electrons. The van der Waals surface area contributed by atoms with Crippen LogP contribution >= 0.6 is 0 Å². The number of carbonyl (C=O) groups is 1. The van der Waals surface area contributed by atoms with Gasteiger partial charge in [0.25, 0.3) is 0 Å². The van der Waals surface area contributed by atoms with Crippen molar-refractivity contribution in [3.05, 3.63) is 33.9 Å². The van der Waals surface area contributed by atoms with E-state index >= 15 is 0 Å². The van der Waals surface area contributed by atoms with Crippen LogP contribution in [-0.4, -0.2) is 30.7 Å². The number of Topliss-reactive ketones (excluding diaryl/α,β-unsaturated/α-hetero) is 1. The van der Waals surface area contributed by atoms with E-state index in [1.807, 2.05) is 6.92 Å². The lowest BCUT2D eigenvalue weighted by Crippen LogP contribution is -2.28. The third-order valence-corrected chi connectivity index (χ3v) is 7.86. The zero-order chi connectivity index (χ0) is 24.8. The monoisotopic (exact) mass is 472 g/mol. The molecule has 0 aliphatic heterocycles. The average molecular weight is 473 g/mol. The highest BCUT2D eigenvalue weighted by Crippen LogP contribution is 2.39. The second kappa shape index (κ2) is 15.7. The number of hydrogen-bond acceptors (Lipinski definition) is 3. The van der Waals surface area contributed by atoms with Crippen LogP contribution in [0.5, 0.6) is 0 Å². The van der Waals surface area contributed by atoms with Crippen LogP contribution in [0.4, 0.5) is 0 Å². The summed E-state index contributed by atoms with van der Waals surface area (Å²) in [7, 11) is 0. The predicted octanol–water partition coefficient (Wildman–Crippen LogP) is 8.08. The largest absolute Gasteiger partial charge is 0.395 e. The molecule has 0 spiro atoms. The Morgan fingerprint density at radius 1 is 0.853 bits per heavy atom. The molecule has 0 saturated heterocycles. The van der Waals surface area contributed by atoms with Crippen molar-refractivity contribution in [1.82, 2.24) is 0 Å². The summed E-state index contributed by atoms with van der Waals surface area (Å²) in [6.07, 6.45) is 20.7. The summed E-state index contributed by atoms with van der Waals surface area (Å²) >= 11 is 0. The van der Waals surface area contributed by atoms with Crippen molar-refractivity contribution in [2.45, 2.75) is 130 Å². The van der Waals surface area contributed by atoms with E-state index in [-0.39, 0.29) is 12.4 Å². The van der Waals surface area contributed by atoms with Gasteiger partial charge in [0.05, 0.1) is 18.6 Å². The molecule has 1 N–H and O–H groups in total. The third-order valence-electron chi connectivity index (χ3n) is 7.86. The Labute approximate surface area is 210 Å². The van der Waals surface area contributed by atoms with Crippen molar-refractivity contribution in [1.29, 1.82) is 0 Å². The van der Waals surface area contributed by atoms with E-state index in [1.54, 1.807) is 0 Å². The van der Waals surface area contributed by atoms with Gasteiger partial charge < -0.3 is 9.84 Å². The molecule has 3 heteroatoms. The van der Waals surface area contributed by atoms with Crippen molar-refractivity contribution < 1.29 is 14.6 Å². The predicted molar refractivity (Wildman–Crippen MR) is 144 cm³/mol. The molecular formula is C31H52O3. The number of aliphatic hydroxyl groups is 1. The minimum Gasteiger partial charge on any atom is -0.395 e. The van der Waals surface area contributed by atoms with E-state index < -0.39 is 5.41 Å². The Hall–Kier alpha value is -1.19. The van der Waals surface area contributed by atoms with E-state index in [4.69, 9.17) is 4.74 Å². The molecule has 1 aromatic carbocycles. The molecule has 0 saturated carbocycles. The number of carbonyl (C=O) groups excluding carboxylic acids is 1. The van der Waals surface area contributed by atoms with Crippen molar-refractivity contribution in [3.8, 4) is 0 Å². The van der Waals surface area contributed by atoms with Gasteiger partial charge in [-0.1, -0.05) is 96.5 Å². The number of benzene rings is 1. The summed E-state index contributed by atoms with van der Waals surface area (Å²) in [5.41, 5.74) is 4.88. The fourth-order valence-corrected chi connectivity index (χ4v) is 5.55. The van der Waals surface area contributed by atoms with Gasteiger partial charge in [0.1, 0.15) is 0 Å². The van der Waals surface area contributed by atoms with Crippen LogP contribution in [0.25, 0.3) is 0 Å². The van der Waals surface area contributed by atoms with Crippen molar-refractivity contribution in [2.24, 2.45) is 5.41 Å². The number of hydrogen-bond donors (Lipinski definition) is 1. The molecule has 1 aliphatic carbocycles. The normalized spacial score (nSPS) is 17.5. The van der Waals surface area contributed by atoms with Crippen LogP contribution in [-0.2, 0) is 17.6 Å². The molecule has 1 unspecified atom stereocenters. The summed E-state index contributed by atoms with van der Waals surface area (Å²) < 4.78 is 5.94. The summed E-state index contributed by atoms with van der Waals surface area (Å²) in [5.74, 6) is 0.104. The third kappa shape index (κ3) is 8.79. The van der Waals surface area contributed by atoms with E-state index in [0.717, 1.165) is 36.1 Å². The Balaban J connectivity index is 1.51. The molecule has 0 heterocycles. The van der Waals surface area contributed by atoms with Gasteiger partial charge in [0.15, 0.2) is 5.78 Å². The summed E-state index contributed by atoms with van der Waals surface area (Å²) in [6.45, 7) is 9.82. The maximum Gasteiger partial charge on any atom is 0.171 e. The second-order valence-electron chi connectivity index (χ2n) is 11.0. The number of aliphatic hydroxyl groups excluding tert-OH is 1. The Morgan fingerprint density at radius 2 is 1.38 bits per heavy atom. The van der Waals surface area contributed by atoms with Crippen molar-refractivity contribution in [2.75, 3.05) is 19.8 Å². The van der Waals surface area contributed by atoms with Gasteiger partial charge in [-0.15, -0.1) is 0 Å². The lowest BCUT2D eigenvalue weighted by molar-refractivity contribution is 0.0721. The SMILES string of the molecule is CCCCCCCCCCCCCCCCOCCc1c(C)cc2c(c1C)C(=O)C(C)(CO)C2. The fourth-order valence-electron chi connectivity index (χ4n) is 5.55. The highest BCUT2D eigenvalue weighted by molar-refractivity contribution is 6.06.